The summed E-state index contributed by atoms with van der Waals surface area (Å²) in [6.07, 6.45) is 0.534. The van der Waals surface area contributed by atoms with E-state index in [1.54, 1.807) is 31.3 Å². The van der Waals surface area contributed by atoms with Crippen LogP contribution in [0.2, 0.25) is 5.02 Å². The second-order valence-electron chi connectivity index (χ2n) is 4.13. The minimum atomic E-state index is -0.493. The van der Waals surface area contributed by atoms with Crippen molar-refractivity contribution < 1.29 is 9.59 Å². The van der Waals surface area contributed by atoms with E-state index in [1.165, 1.54) is 4.90 Å². The van der Waals surface area contributed by atoms with E-state index in [-0.39, 0.29) is 12.5 Å². The molecule has 0 radical (unpaired) electrons. The topological polar surface area (TPSA) is 79.0 Å². The number of hydrogen-bond donors (Lipinski definition) is 1. The summed E-state index contributed by atoms with van der Waals surface area (Å²) in [6, 6.07) is 6.47. The SMILES string of the molecule is CCN(C)C(=O)/N=C(/N)N(C=O)Cc1ccc(Cl)cc1. The first-order valence-electron chi connectivity index (χ1n) is 6.03. The van der Waals surface area contributed by atoms with Crippen molar-refractivity contribution >= 4 is 30.0 Å². The summed E-state index contributed by atoms with van der Waals surface area (Å²) in [7, 11) is 1.60. The Balaban J connectivity index is 2.79. The minimum absolute atomic E-state index is 0.139. The maximum atomic E-state index is 11.6. The standard InChI is InChI=1S/C13H17ClN4O2/c1-3-17(2)13(20)16-12(15)18(9-19)8-10-4-6-11(14)7-5-10/h4-7,9H,3,8H2,1-2H3,(H2,15,16,20). The average Bonchev–Trinajstić information content (AvgIpc) is 2.45. The Morgan fingerprint density at radius 3 is 2.50 bits per heavy atom. The summed E-state index contributed by atoms with van der Waals surface area (Å²) >= 11 is 5.78. The van der Waals surface area contributed by atoms with Crippen LogP contribution in [-0.2, 0) is 11.3 Å². The van der Waals surface area contributed by atoms with Crippen molar-refractivity contribution in [3.63, 3.8) is 0 Å². The fraction of sp³-hybridized carbons (Fsp3) is 0.308. The van der Waals surface area contributed by atoms with Gasteiger partial charge in [-0.15, -0.1) is 0 Å². The molecule has 1 aromatic rings. The molecule has 3 amide bonds. The molecule has 6 nitrogen and oxygen atoms in total. The van der Waals surface area contributed by atoms with Crippen LogP contribution in [0.4, 0.5) is 4.79 Å². The van der Waals surface area contributed by atoms with Crippen LogP contribution in [0.25, 0.3) is 0 Å². The maximum absolute atomic E-state index is 11.6. The number of amides is 3. The lowest BCUT2D eigenvalue weighted by molar-refractivity contribution is -0.115. The van der Waals surface area contributed by atoms with Crippen LogP contribution in [0, 0.1) is 0 Å². The second kappa shape index (κ2) is 7.49. The van der Waals surface area contributed by atoms with Gasteiger partial charge in [0.2, 0.25) is 12.4 Å². The van der Waals surface area contributed by atoms with Gasteiger partial charge in [-0.3, -0.25) is 9.69 Å². The summed E-state index contributed by atoms with van der Waals surface area (Å²) in [4.78, 5) is 28.9. The van der Waals surface area contributed by atoms with E-state index in [0.717, 1.165) is 10.5 Å². The van der Waals surface area contributed by atoms with E-state index in [1.807, 2.05) is 6.92 Å². The average molecular weight is 297 g/mol. The van der Waals surface area contributed by atoms with Crippen molar-refractivity contribution in [1.29, 1.82) is 0 Å². The molecular weight excluding hydrogens is 280 g/mol. The predicted molar refractivity (Wildman–Crippen MR) is 78.4 cm³/mol. The van der Waals surface area contributed by atoms with Crippen molar-refractivity contribution in [3.05, 3.63) is 34.9 Å². The van der Waals surface area contributed by atoms with E-state index in [0.29, 0.717) is 18.0 Å². The number of nitrogens with zero attached hydrogens (tertiary/aromatic N) is 3. The Morgan fingerprint density at radius 2 is 2.00 bits per heavy atom. The lowest BCUT2D eigenvalue weighted by atomic mass is 10.2. The fourth-order valence-corrected chi connectivity index (χ4v) is 1.47. The highest BCUT2D eigenvalue weighted by Crippen LogP contribution is 2.10. The smallest absolute Gasteiger partial charge is 0.346 e. The molecule has 0 fully saturated rings. The van der Waals surface area contributed by atoms with Gasteiger partial charge in [0.25, 0.3) is 0 Å². The van der Waals surface area contributed by atoms with Gasteiger partial charge >= 0.3 is 6.03 Å². The number of nitrogens with two attached hydrogens (primary N) is 1. The number of aliphatic imine (C=N–C) groups is 1. The number of urea groups is 1. The number of hydrogen-bond acceptors (Lipinski definition) is 2. The van der Waals surface area contributed by atoms with Gasteiger partial charge in [0.05, 0.1) is 6.54 Å². The zero-order valence-electron chi connectivity index (χ0n) is 11.4. The number of carbonyl (C=O) groups is 2. The molecule has 2 N–H and O–H groups in total. The third-order valence-corrected chi connectivity index (χ3v) is 2.95. The molecule has 1 rings (SSSR count). The molecule has 0 heterocycles. The molecule has 108 valence electrons. The lowest BCUT2D eigenvalue weighted by Crippen LogP contribution is -2.38. The van der Waals surface area contributed by atoms with E-state index in [9.17, 15) is 9.59 Å². The molecule has 0 unspecified atom stereocenters. The fourth-order valence-electron chi connectivity index (χ4n) is 1.34. The van der Waals surface area contributed by atoms with Gasteiger partial charge in [0.1, 0.15) is 0 Å². The molecule has 0 saturated carbocycles. The molecule has 0 spiro atoms. The zero-order valence-corrected chi connectivity index (χ0v) is 12.2. The summed E-state index contributed by atoms with van der Waals surface area (Å²) in [5.41, 5.74) is 6.50. The molecule has 0 aliphatic heterocycles. The molecule has 7 heteroatoms. The largest absolute Gasteiger partial charge is 0.369 e. The molecular formula is C13H17ClN4O2. The second-order valence-corrected chi connectivity index (χ2v) is 4.56. The Bertz CT molecular complexity index is 502. The summed E-state index contributed by atoms with van der Waals surface area (Å²) in [5.74, 6) is -0.139. The highest BCUT2D eigenvalue weighted by molar-refractivity contribution is 6.30. The molecule has 0 aliphatic carbocycles. The Kier molecular flexibility index (Phi) is 5.99. The number of carbonyl (C=O) groups excluding carboxylic acids is 2. The van der Waals surface area contributed by atoms with Crippen LogP contribution < -0.4 is 5.73 Å². The molecule has 20 heavy (non-hydrogen) atoms. The molecule has 0 atom stereocenters. The lowest BCUT2D eigenvalue weighted by Gasteiger charge is -2.17. The first-order valence-corrected chi connectivity index (χ1v) is 6.41. The van der Waals surface area contributed by atoms with Crippen LogP contribution in [-0.4, -0.2) is 41.8 Å². The highest BCUT2D eigenvalue weighted by Gasteiger charge is 2.11. The van der Waals surface area contributed by atoms with Crippen molar-refractivity contribution in [3.8, 4) is 0 Å². The van der Waals surface area contributed by atoms with Crippen molar-refractivity contribution in [2.24, 2.45) is 10.7 Å². The highest BCUT2D eigenvalue weighted by atomic mass is 35.5. The van der Waals surface area contributed by atoms with Crippen molar-refractivity contribution in [2.75, 3.05) is 13.6 Å². The van der Waals surface area contributed by atoms with Gasteiger partial charge < -0.3 is 10.6 Å². The number of halogens is 1. The molecule has 1 aromatic carbocycles. The van der Waals surface area contributed by atoms with Crippen LogP contribution in [0.3, 0.4) is 0 Å². The van der Waals surface area contributed by atoms with Gasteiger partial charge in [0, 0.05) is 18.6 Å². The summed E-state index contributed by atoms with van der Waals surface area (Å²) < 4.78 is 0. The van der Waals surface area contributed by atoms with Gasteiger partial charge in [0.15, 0.2) is 0 Å². The van der Waals surface area contributed by atoms with Crippen LogP contribution in [0.1, 0.15) is 12.5 Å². The van der Waals surface area contributed by atoms with Gasteiger partial charge in [-0.2, -0.15) is 4.99 Å². The first kappa shape index (κ1) is 16.0. The van der Waals surface area contributed by atoms with Crippen LogP contribution >= 0.6 is 11.6 Å². The van der Waals surface area contributed by atoms with Crippen molar-refractivity contribution in [2.45, 2.75) is 13.5 Å². The molecule has 0 aromatic heterocycles. The number of benzene rings is 1. The Labute approximate surface area is 122 Å². The summed E-state index contributed by atoms with van der Waals surface area (Å²) in [5, 5.41) is 0.604. The Hall–Kier alpha value is -2.08. The van der Waals surface area contributed by atoms with Gasteiger partial charge in [-0.05, 0) is 24.6 Å². The quantitative estimate of drug-likeness (QED) is 0.521. The Morgan fingerprint density at radius 1 is 1.40 bits per heavy atom. The van der Waals surface area contributed by atoms with E-state index in [4.69, 9.17) is 17.3 Å². The normalized spacial score (nSPS) is 11.1. The van der Waals surface area contributed by atoms with Gasteiger partial charge in [-0.25, -0.2) is 4.79 Å². The van der Waals surface area contributed by atoms with E-state index >= 15 is 0 Å². The van der Waals surface area contributed by atoms with Crippen LogP contribution in [0.5, 0.6) is 0 Å². The van der Waals surface area contributed by atoms with Crippen molar-refractivity contribution in [1.82, 2.24) is 9.80 Å². The number of rotatable bonds is 4. The molecule has 0 aliphatic rings. The zero-order chi connectivity index (χ0) is 15.1. The monoisotopic (exact) mass is 296 g/mol. The molecule has 0 saturated heterocycles. The van der Waals surface area contributed by atoms with Crippen LogP contribution in [0.15, 0.2) is 29.3 Å². The third kappa shape index (κ3) is 4.55. The third-order valence-electron chi connectivity index (χ3n) is 2.70. The van der Waals surface area contributed by atoms with E-state index in [2.05, 4.69) is 4.99 Å². The molecule has 0 bridgehead atoms. The summed E-state index contributed by atoms with van der Waals surface area (Å²) in [6.45, 7) is 2.54. The van der Waals surface area contributed by atoms with Gasteiger partial charge in [-0.1, -0.05) is 23.7 Å². The maximum Gasteiger partial charge on any atom is 0.346 e. The number of guanidine groups is 1. The predicted octanol–water partition coefficient (Wildman–Crippen LogP) is 1.68. The van der Waals surface area contributed by atoms with E-state index < -0.39 is 6.03 Å². The first-order chi connectivity index (χ1) is 9.47. The minimum Gasteiger partial charge on any atom is -0.369 e.